The molecular formula is C21H25N3S. The maximum Gasteiger partial charge on any atom is 0.137 e. The Morgan fingerprint density at radius 3 is 2.96 bits per heavy atom. The Morgan fingerprint density at radius 1 is 1.28 bits per heavy atom. The highest BCUT2D eigenvalue weighted by molar-refractivity contribution is 8.06. The SMILES string of the molecule is CC.CN1CCN=C1C1=CC=CC(c2c[nH]c3c2C=CC=C=C3)=CS1.[HH]. The van der Waals surface area contributed by atoms with Gasteiger partial charge in [-0.25, -0.2) is 0 Å². The van der Waals surface area contributed by atoms with E-state index < -0.39 is 0 Å². The third-order valence-corrected chi connectivity index (χ3v) is 5.01. The number of amidine groups is 1. The number of likely N-dealkylation sites (N-methyl/N-ethyl adjacent to an activating group) is 1. The molecule has 0 atom stereocenters. The van der Waals surface area contributed by atoms with Crippen LogP contribution in [0.2, 0.25) is 0 Å². The molecule has 25 heavy (non-hydrogen) atoms. The van der Waals surface area contributed by atoms with E-state index in [2.05, 4.69) is 63.6 Å². The Labute approximate surface area is 155 Å². The molecular weight excluding hydrogens is 326 g/mol. The molecule has 2 aliphatic heterocycles. The van der Waals surface area contributed by atoms with Gasteiger partial charge in [-0.05, 0) is 23.1 Å². The van der Waals surface area contributed by atoms with Gasteiger partial charge in [0, 0.05) is 38.4 Å². The predicted octanol–water partition coefficient (Wildman–Crippen LogP) is 5.35. The number of thioether (sulfide) groups is 1. The third kappa shape index (κ3) is 3.65. The summed E-state index contributed by atoms with van der Waals surface area (Å²) in [7, 11) is 2.10. The molecule has 0 amide bonds. The third-order valence-electron chi connectivity index (χ3n) is 4.06. The number of nitrogens with zero attached hydrogens (tertiary/aromatic N) is 2. The van der Waals surface area contributed by atoms with E-state index in [1.165, 1.54) is 21.6 Å². The standard InChI is InChI=1S/C19H17N3S.C2H6.H2/c1-22-11-10-20-19(22)18-9-5-6-14(13-23-18)16-12-21-17-8-4-2-3-7-15(16)17;1-2;/h2-3,5-9,12-13,21H,10-11H2,1H3;1-2H3;1H. The fourth-order valence-corrected chi connectivity index (χ4v) is 3.79. The number of allylic oxidation sites excluding steroid dienone is 6. The molecule has 3 nitrogen and oxygen atoms in total. The molecule has 130 valence electrons. The van der Waals surface area contributed by atoms with Crippen LogP contribution in [0.1, 0.15) is 32.1 Å². The Bertz CT molecular complexity index is 862. The summed E-state index contributed by atoms with van der Waals surface area (Å²) >= 11 is 1.74. The molecule has 1 aliphatic carbocycles. The van der Waals surface area contributed by atoms with E-state index in [0.29, 0.717) is 0 Å². The van der Waals surface area contributed by atoms with E-state index in [-0.39, 0.29) is 1.43 Å². The highest BCUT2D eigenvalue weighted by atomic mass is 32.2. The van der Waals surface area contributed by atoms with Crippen LogP contribution < -0.4 is 0 Å². The number of aromatic nitrogens is 1. The first-order chi connectivity index (χ1) is 12.3. The van der Waals surface area contributed by atoms with Crippen LogP contribution in [0, 0.1) is 0 Å². The van der Waals surface area contributed by atoms with Gasteiger partial charge in [0.15, 0.2) is 0 Å². The molecule has 0 aromatic carbocycles. The summed E-state index contributed by atoms with van der Waals surface area (Å²) in [6.07, 6.45) is 16.6. The maximum atomic E-state index is 4.61. The lowest BCUT2D eigenvalue weighted by atomic mass is 10.0. The van der Waals surface area contributed by atoms with Gasteiger partial charge in [0.2, 0.25) is 0 Å². The quantitative estimate of drug-likeness (QED) is 0.728. The molecule has 3 aliphatic rings. The van der Waals surface area contributed by atoms with Gasteiger partial charge in [-0.2, -0.15) is 0 Å². The number of hydrogen-bond donors (Lipinski definition) is 1. The van der Waals surface area contributed by atoms with Crippen molar-refractivity contribution >= 4 is 35.3 Å². The zero-order valence-electron chi connectivity index (χ0n) is 14.9. The van der Waals surface area contributed by atoms with Crippen molar-refractivity contribution in [3.63, 3.8) is 0 Å². The molecule has 1 aromatic heterocycles. The highest BCUT2D eigenvalue weighted by Crippen LogP contribution is 2.33. The van der Waals surface area contributed by atoms with Crippen molar-refractivity contribution in [2.75, 3.05) is 20.1 Å². The molecule has 0 saturated heterocycles. The summed E-state index contributed by atoms with van der Waals surface area (Å²) < 4.78 is 0. The zero-order chi connectivity index (χ0) is 17.6. The number of nitrogens with one attached hydrogen (secondary N) is 1. The molecule has 1 aromatic rings. The predicted molar refractivity (Wildman–Crippen MR) is 114 cm³/mol. The average Bonchev–Trinajstić information content (AvgIpc) is 3.06. The topological polar surface area (TPSA) is 31.4 Å². The molecule has 0 saturated carbocycles. The number of aromatic amines is 1. The Hall–Kier alpha value is -2.42. The molecule has 0 spiro atoms. The lowest BCUT2D eigenvalue weighted by Gasteiger charge is -2.14. The second-order valence-corrected chi connectivity index (χ2v) is 6.49. The van der Waals surface area contributed by atoms with Crippen molar-refractivity contribution in [1.29, 1.82) is 0 Å². The van der Waals surface area contributed by atoms with E-state index >= 15 is 0 Å². The number of aliphatic imine (C=N–C) groups is 1. The molecule has 0 bridgehead atoms. The van der Waals surface area contributed by atoms with Crippen LogP contribution in [-0.4, -0.2) is 35.9 Å². The van der Waals surface area contributed by atoms with Crippen LogP contribution in [0.3, 0.4) is 0 Å². The second kappa shape index (κ2) is 8.11. The van der Waals surface area contributed by atoms with Crippen LogP contribution >= 0.6 is 11.8 Å². The van der Waals surface area contributed by atoms with Gasteiger partial charge < -0.3 is 9.88 Å². The van der Waals surface area contributed by atoms with Crippen LogP contribution in [0.15, 0.2) is 57.6 Å². The van der Waals surface area contributed by atoms with E-state index in [9.17, 15) is 0 Å². The van der Waals surface area contributed by atoms with Crippen LogP contribution in [-0.2, 0) is 0 Å². The van der Waals surface area contributed by atoms with E-state index in [4.69, 9.17) is 0 Å². The molecule has 0 fully saturated rings. The highest BCUT2D eigenvalue weighted by Gasteiger charge is 2.18. The van der Waals surface area contributed by atoms with Gasteiger partial charge in [-0.3, -0.25) is 4.99 Å². The molecule has 4 heteroatoms. The minimum absolute atomic E-state index is 0. The summed E-state index contributed by atoms with van der Waals surface area (Å²) in [6, 6.07) is 0. The van der Waals surface area contributed by atoms with Gasteiger partial charge in [-0.1, -0.05) is 49.9 Å². The van der Waals surface area contributed by atoms with Gasteiger partial charge in [0.05, 0.1) is 17.1 Å². The van der Waals surface area contributed by atoms with Crippen LogP contribution in [0.5, 0.6) is 0 Å². The number of rotatable bonds is 2. The first-order valence-corrected chi connectivity index (χ1v) is 9.53. The van der Waals surface area contributed by atoms with Crippen molar-refractivity contribution in [3.8, 4) is 0 Å². The monoisotopic (exact) mass is 351 g/mol. The summed E-state index contributed by atoms with van der Waals surface area (Å²) in [4.78, 5) is 11.4. The zero-order valence-corrected chi connectivity index (χ0v) is 15.7. The Morgan fingerprint density at radius 2 is 2.16 bits per heavy atom. The van der Waals surface area contributed by atoms with E-state index in [1.54, 1.807) is 11.8 Å². The first-order valence-electron chi connectivity index (χ1n) is 8.65. The molecule has 0 radical (unpaired) electrons. The number of hydrogen-bond acceptors (Lipinski definition) is 3. The van der Waals surface area contributed by atoms with Crippen molar-refractivity contribution in [2.24, 2.45) is 4.99 Å². The van der Waals surface area contributed by atoms with Gasteiger partial charge in [0.25, 0.3) is 0 Å². The summed E-state index contributed by atoms with van der Waals surface area (Å²) in [5.74, 6) is 1.09. The Kier molecular flexibility index (Phi) is 5.64. The van der Waals surface area contributed by atoms with E-state index in [1.807, 2.05) is 32.1 Å². The smallest absolute Gasteiger partial charge is 0.137 e. The molecule has 4 rings (SSSR count). The largest absolute Gasteiger partial charge is 0.360 e. The summed E-state index contributed by atoms with van der Waals surface area (Å²) in [5, 5.41) is 2.21. The van der Waals surface area contributed by atoms with Crippen LogP contribution in [0.25, 0.3) is 17.7 Å². The lowest BCUT2D eigenvalue weighted by molar-refractivity contribution is 0.558. The Balaban J connectivity index is 0.000000784. The summed E-state index contributed by atoms with van der Waals surface area (Å²) in [5.41, 5.74) is 7.87. The first kappa shape index (κ1) is 17.4. The van der Waals surface area contributed by atoms with Gasteiger partial charge >= 0.3 is 0 Å². The van der Waals surface area contributed by atoms with Crippen molar-refractivity contribution in [3.05, 3.63) is 69.4 Å². The second-order valence-electron chi connectivity index (χ2n) is 5.57. The minimum atomic E-state index is 0. The van der Waals surface area contributed by atoms with Crippen LogP contribution in [0.4, 0.5) is 0 Å². The molecule has 1 N–H and O–H groups in total. The maximum absolute atomic E-state index is 4.61. The lowest BCUT2D eigenvalue weighted by Crippen LogP contribution is -2.23. The van der Waals surface area contributed by atoms with Gasteiger partial charge in [0.1, 0.15) is 5.84 Å². The van der Waals surface area contributed by atoms with Crippen molar-refractivity contribution in [1.82, 2.24) is 9.88 Å². The van der Waals surface area contributed by atoms with E-state index in [0.717, 1.165) is 24.6 Å². The molecule has 3 heterocycles. The minimum Gasteiger partial charge on any atom is -0.360 e. The summed E-state index contributed by atoms with van der Waals surface area (Å²) in [6.45, 7) is 5.89. The number of fused-ring (bicyclic) bond motifs is 1. The fourth-order valence-electron chi connectivity index (χ4n) is 2.84. The molecule has 0 unspecified atom stereocenters. The van der Waals surface area contributed by atoms with Crippen molar-refractivity contribution < 1.29 is 1.43 Å². The van der Waals surface area contributed by atoms with Gasteiger partial charge in [-0.15, -0.1) is 5.73 Å². The normalized spacial score (nSPS) is 17.9. The fraction of sp³-hybridized carbons (Fsp3) is 0.238. The average molecular weight is 352 g/mol. The van der Waals surface area contributed by atoms with Crippen molar-refractivity contribution in [2.45, 2.75) is 13.8 Å². The number of H-pyrrole nitrogens is 1.